The van der Waals surface area contributed by atoms with Gasteiger partial charge in [0.25, 0.3) is 0 Å². The number of rotatable bonds is 5. The fourth-order valence-electron chi connectivity index (χ4n) is 4.79. The first-order valence-electron chi connectivity index (χ1n) is 10.9. The molecule has 174 valence electrons. The fraction of sp³-hybridized carbons (Fsp3) is 0.231. The summed E-state index contributed by atoms with van der Waals surface area (Å²) in [6.07, 6.45) is 0. The van der Waals surface area contributed by atoms with Gasteiger partial charge in [0.15, 0.2) is 22.3 Å². The molecular weight excluding hydrogens is 450 g/mol. The zero-order valence-electron chi connectivity index (χ0n) is 19.1. The second kappa shape index (κ2) is 8.53. The van der Waals surface area contributed by atoms with Crippen molar-refractivity contribution in [3.63, 3.8) is 0 Å². The number of anilines is 2. The van der Waals surface area contributed by atoms with Crippen molar-refractivity contribution in [1.29, 1.82) is 0 Å². The van der Waals surface area contributed by atoms with Gasteiger partial charge in [-0.3, -0.25) is 9.69 Å². The van der Waals surface area contributed by atoms with Gasteiger partial charge in [0, 0.05) is 16.9 Å². The summed E-state index contributed by atoms with van der Waals surface area (Å²) in [4.78, 5) is 15.7. The first-order valence-corrected chi connectivity index (χ1v) is 11.3. The Labute approximate surface area is 203 Å². The highest BCUT2D eigenvalue weighted by atomic mass is 32.1. The van der Waals surface area contributed by atoms with Crippen molar-refractivity contribution in [2.45, 2.75) is 18.7 Å². The number of hydrogen-bond donors (Lipinski definition) is 2. The van der Waals surface area contributed by atoms with E-state index in [0.717, 1.165) is 11.3 Å². The molecule has 3 unspecified atom stereocenters. The van der Waals surface area contributed by atoms with Gasteiger partial charge >= 0.3 is 0 Å². The molecule has 2 aliphatic rings. The maximum absolute atomic E-state index is 13.8. The van der Waals surface area contributed by atoms with Gasteiger partial charge in [-0.15, -0.1) is 0 Å². The second-order valence-corrected chi connectivity index (χ2v) is 8.72. The van der Waals surface area contributed by atoms with E-state index in [9.17, 15) is 4.79 Å². The Bertz CT molecular complexity index is 1230. The number of thiocarbonyl (C=S) groups is 1. The molecule has 1 amide bonds. The maximum atomic E-state index is 13.8. The molecule has 7 nitrogen and oxygen atoms in total. The third-order valence-corrected chi connectivity index (χ3v) is 6.66. The Balaban J connectivity index is 1.61. The number of fused-ring (bicyclic) bond motifs is 4. The van der Waals surface area contributed by atoms with Crippen molar-refractivity contribution < 1.29 is 19.0 Å². The van der Waals surface area contributed by atoms with Gasteiger partial charge in [-0.25, -0.2) is 0 Å². The van der Waals surface area contributed by atoms with Crippen LogP contribution in [0.25, 0.3) is 0 Å². The molecule has 0 radical (unpaired) electrons. The first kappa shape index (κ1) is 22.0. The third-order valence-electron chi connectivity index (χ3n) is 6.36. The highest BCUT2D eigenvalue weighted by Gasteiger charge is 2.59. The summed E-state index contributed by atoms with van der Waals surface area (Å²) in [5.41, 5.74) is 1.19. The van der Waals surface area contributed by atoms with E-state index in [1.54, 1.807) is 26.4 Å². The zero-order valence-corrected chi connectivity index (χ0v) is 19.9. The minimum atomic E-state index is -1.12. The van der Waals surface area contributed by atoms with E-state index in [1.165, 1.54) is 0 Å². The molecule has 3 atom stereocenters. The summed E-state index contributed by atoms with van der Waals surface area (Å²) in [5.74, 6) is 1.08. The van der Waals surface area contributed by atoms with Crippen LogP contribution in [0.5, 0.6) is 17.2 Å². The number of hydrogen-bond acceptors (Lipinski definition) is 5. The molecule has 0 aliphatic carbocycles. The largest absolute Gasteiger partial charge is 0.497 e. The number of nitrogens with one attached hydrogen (secondary N) is 2. The summed E-state index contributed by atoms with van der Waals surface area (Å²) < 4.78 is 17.5. The molecule has 2 bridgehead atoms. The van der Waals surface area contributed by atoms with Crippen LogP contribution in [0.3, 0.4) is 0 Å². The Hall–Kier alpha value is -3.78. The number of ether oxygens (including phenoxy) is 3. The van der Waals surface area contributed by atoms with E-state index in [1.807, 2.05) is 72.5 Å². The lowest BCUT2D eigenvalue weighted by Crippen LogP contribution is -2.72. The molecule has 1 fully saturated rings. The van der Waals surface area contributed by atoms with E-state index in [2.05, 4.69) is 10.6 Å². The van der Waals surface area contributed by atoms with Gasteiger partial charge < -0.3 is 24.8 Å². The molecular formula is C26H25N3O4S. The van der Waals surface area contributed by atoms with Crippen LogP contribution in [0.4, 0.5) is 11.4 Å². The molecule has 3 aromatic carbocycles. The minimum Gasteiger partial charge on any atom is -0.497 e. The minimum absolute atomic E-state index is 0.193. The van der Waals surface area contributed by atoms with Crippen LogP contribution in [0, 0.1) is 5.92 Å². The number of methoxy groups -OCH3 is 2. The van der Waals surface area contributed by atoms with Crippen LogP contribution in [0.1, 0.15) is 18.5 Å². The smallest absolute Gasteiger partial charge is 0.236 e. The topological polar surface area (TPSA) is 72.1 Å². The lowest BCUT2D eigenvalue weighted by Gasteiger charge is -2.56. The summed E-state index contributed by atoms with van der Waals surface area (Å²) in [6, 6.07) is 22.2. The van der Waals surface area contributed by atoms with E-state index in [-0.39, 0.29) is 5.91 Å². The molecule has 2 aliphatic heterocycles. The number of para-hydroxylation sites is 2. The van der Waals surface area contributed by atoms with Gasteiger partial charge in [0.1, 0.15) is 11.7 Å². The molecule has 0 spiro atoms. The lowest BCUT2D eigenvalue weighted by molar-refractivity contribution is -0.130. The lowest BCUT2D eigenvalue weighted by atomic mass is 9.78. The molecule has 0 aromatic heterocycles. The molecule has 8 heteroatoms. The van der Waals surface area contributed by atoms with Crippen molar-refractivity contribution >= 4 is 34.6 Å². The predicted molar refractivity (Wildman–Crippen MR) is 135 cm³/mol. The molecule has 0 saturated carbocycles. The quantitative estimate of drug-likeness (QED) is 0.527. The SMILES string of the molecule is COc1ccc(NC(=O)C2C3NC(=S)N(c4ccccc4)C2(C)Oc2c(OC)cccc23)cc1. The van der Waals surface area contributed by atoms with E-state index in [0.29, 0.717) is 28.0 Å². The summed E-state index contributed by atoms with van der Waals surface area (Å²) in [6.45, 7) is 1.90. The van der Waals surface area contributed by atoms with Crippen LogP contribution < -0.4 is 29.7 Å². The van der Waals surface area contributed by atoms with Gasteiger partial charge in [-0.1, -0.05) is 30.3 Å². The third kappa shape index (κ3) is 3.51. The molecule has 3 aromatic rings. The maximum Gasteiger partial charge on any atom is 0.236 e. The Morgan fingerprint density at radius 3 is 2.44 bits per heavy atom. The second-order valence-electron chi connectivity index (χ2n) is 8.33. The Morgan fingerprint density at radius 2 is 1.76 bits per heavy atom. The highest BCUT2D eigenvalue weighted by molar-refractivity contribution is 7.80. The monoisotopic (exact) mass is 475 g/mol. The standard InChI is InChI=1S/C26H25N3O4S/c1-26-21(24(30)27-16-12-14-18(31-2)15-13-16)22(19-10-7-11-20(32-3)23(19)33-26)28-25(34)29(26)17-8-5-4-6-9-17/h4-15,21-22H,1-3H3,(H,27,30)(H,28,34). The number of amides is 1. The summed E-state index contributed by atoms with van der Waals surface area (Å²) in [5, 5.41) is 6.94. The van der Waals surface area contributed by atoms with Gasteiger partial charge in [0.2, 0.25) is 5.91 Å². The van der Waals surface area contributed by atoms with E-state index in [4.69, 9.17) is 26.4 Å². The average Bonchev–Trinajstić information content (AvgIpc) is 2.84. The zero-order chi connectivity index (χ0) is 23.9. The van der Waals surface area contributed by atoms with Crippen molar-refractivity contribution in [2.75, 3.05) is 24.4 Å². The molecule has 1 saturated heterocycles. The molecule has 5 rings (SSSR count). The Kier molecular flexibility index (Phi) is 5.53. The predicted octanol–water partition coefficient (Wildman–Crippen LogP) is 4.50. The fourth-order valence-corrected chi connectivity index (χ4v) is 5.20. The van der Waals surface area contributed by atoms with E-state index < -0.39 is 17.7 Å². The molecule has 2 N–H and O–H groups in total. The van der Waals surface area contributed by atoms with Gasteiger partial charge in [-0.2, -0.15) is 0 Å². The van der Waals surface area contributed by atoms with Crippen LogP contribution in [0.15, 0.2) is 72.8 Å². The number of carbonyl (C=O) groups is 1. The molecule has 34 heavy (non-hydrogen) atoms. The number of benzene rings is 3. The molecule has 2 heterocycles. The van der Waals surface area contributed by atoms with Crippen LogP contribution in [-0.4, -0.2) is 31.0 Å². The van der Waals surface area contributed by atoms with Crippen LogP contribution >= 0.6 is 12.2 Å². The number of carbonyl (C=O) groups excluding carboxylic acids is 1. The van der Waals surface area contributed by atoms with Crippen molar-refractivity contribution in [3.8, 4) is 17.2 Å². The van der Waals surface area contributed by atoms with Crippen LogP contribution in [0.2, 0.25) is 0 Å². The first-order chi connectivity index (χ1) is 16.5. The summed E-state index contributed by atoms with van der Waals surface area (Å²) in [7, 11) is 3.21. The number of nitrogens with zero attached hydrogens (tertiary/aromatic N) is 1. The normalized spacial score (nSPS) is 22.7. The van der Waals surface area contributed by atoms with Crippen molar-refractivity contribution in [3.05, 3.63) is 78.4 Å². The Morgan fingerprint density at radius 1 is 1.03 bits per heavy atom. The van der Waals surface area contributed by atoms with Crippen LogP contribution in [-0.2, 0) is 4.79 Å². The van der Waals surface area contributed by atoms with Gasteiger partial charge in [0.05, 0.1) is 20.3 Å². The van der Waals surface area contributed by atoms with Gasteiger partial charge in [-0.05, 0) is 61.6 Å². The summed E-state index contributed by atoms with van der Waals surface area (Å²) >= 11 is 5.78. The highest BCUT2D eigenvalue weighted by Crippen LogP contribution is 2.52. The average molecular weight is 476 g/mol. The van der Waals surface area contributed by atoms with Crippen molar-refractivity contribution in [2.24, 2.45) is 5.92 Å². The van der Waals surface area contributed by atoms with E-state index >= 15 is 0 Å². The van der Waals surface area contributed by atoms with Crippen molar-refractivity contribution in [1.82, 2.24) is 5.32 Å².